The van der Waals surface area contributed by atoms with E-state index in [4.69, 9.17) is 9.72 Å². The molecule has 3 heterocycles. The molecule has 2 aromatic heterocycles. The molecule has 460 valence electrons. The first kappa shape index (κ1) is 66.0. The van der Waals surface area contributed by atoms with Gasteiger partial charge in [0.25, 0.3) is 17.4 Å². The number of carbonyl (C=O) groups excluding carboxylic acids is 5. The summed E-state index contributed by atoms with van der Waals surface area (Å²) in [5.74, 6) is -1.37. The molecule has 1 aliphatic heterocycles. The molecule has 6 aromatic rings. The predicted octanol–water partition coefficient (Wildman–Crippen LogP) is 9.75. The molecule has 7 rings (SSSR count). The fraction of sp³-hybridized carbons (Fsp3) is 0.463. The maximum absolute atomic E-state index is 14.2. The van der Waals surface area contributed by atoms with Crippen LogP contribution in [0.25, 0.3) is 21.7 Å². The number of thiazole rings is 1. The average molecular weight is 1190 g/mol. The molecule has 19 heteroatoms. The number of hydrogen-bond donors (Lipinski definition) is 5. The highest BCUT2D eigenvalue weighted by atomic mass is 32.1. The van der Waals surface area contributed by atoms with Crippen LogP contribution in [-0.4, -0.2) is 135 Å². The molecule has 0 aliphatic carbocycles. The van der Waals surface area contributed by atoms with Crippen molar-refractivity contribution in [1.82, 2.24) is 39.9 Å². The number of piperazine rings is 1. The number of aromatic nitrogens is 3. The van der Waals surface area contributed by atoms with E-state index >= 15 is 0 Å². The van der Waals surface area contributed by atoms with Gasteiger partial charge in [-0.2, -0.15) is 0 Å². The maximum Gasteiger partial charge on any atom is 0.293 e. The van der Waals surface area contributed by atoms with Crippen molar-refractivity contribution in [2.24, 2.45) is 23.3 Å². The number of hydrogen-bond acceptors (Lipinski definition) is 13. The van der Waals surface area contributed by atoms with Crippen LogP contribution in [0.15, 0.2) is 107 Å². The lowest BCUT2D eigenvalue weighted by molar-refractivity contribution is -0.143. The Labute approximate surface area is 511 Å². The quantitative estimate of drug-likeness (QED) is 0.0405. The molecule has 86 heavy (non-hydrogen) atoms. The molecule has 1 saturated heterocycles. The second kappa shape index (κ2) is 27.8. The smallest absolute Gasteiger partial charge is 0.293 e. The SMILES string of the molecule is Cc1ncsc1-c1ccc(CNC(=O)CN(CC(C)O)C(=O)C(NC(=O)CC(C)(C)COCC(C)(C)CN2CCN(C(=O)c3ccc(Nc4nc(-c5cccc(NC(=O)c6ccc(C(C)(C)C)cc6)c5C)cn(C)c4=O)cc3)CC2)C(C)(C)C)cc1. The molecule has 0 saturated carbocycles. The molecule has 0 spiro atoms. The standard InChI is InChI=1S/C67H88N10O8S/c1-43(78)36-77(38-56(80)68-35-46-18-20-47(21-19-46)57-45(3)69-42-86-57)62(83)58(65(7,8)9)73-55(79)34-66(10,11)40-85-41-67(12,13)39-75-30-32-76(33-31-75)61(82)49-24-28-51(29-25-49)70-59-63(84)74(14)37-54(71-59)52-16-15-17-53(44(52)2)72-60(81)48-22-26-50(27-23-48)64(4,5)6/h15-29,37,42-43,58,78H,30-36,38-41H2,1-14H3,(H,68,80)(H,70,71)(H,72,81)(H,73,79). The first-order valence-corrected chi connectivity index (χ1v) is 30.3. The highest BCUT2D eigenvalue weighted by Gasteiger charge is 2.38. The fourth-order valence-corrected chi connectivity index (χ4v) is 11.2. The van der Waals surface area contributed by atoms with E-state index in [-0.39, 0.29) is 71.9 Å². The molecule has 4 aromatic carbocycles. The minimum atomic E-state index is -0.973. The van der Waals surface area contributed by atoms with Gasteiger partial charge in [0.15, 0.2) is 5.82 Å². The van der Waals surface area contributed by atoms with Crippen molar-refractivity contribution >= 4 is 58.1 Å². The summed E-state index contributed by atoms with van der Waals surface area (Å²) >= 11 is 1.57. The van der Waals surface area contributed by atoms with Crippen LogP contribution in [0.5, 0.6) is 0 Å². The summed E-state index contributed by atoms with van der Waals surface area (Å²) in [6.45, 7) is 29.3. The van der Waals surface area contributed by atoms with Gasteiger partial charge >= 0.3 is 0 Å². The Bertz CT molecular complexity index is 3410. The molecule has 1 aliphatic rings. The third-order valence-corrected chi connectivity index (χ3v) is 16.3. The van der Waals surface area contributed by atoms with Gasteiger partial charge in [0.1, 0.15) is 6.04 Å². The number of carbonyl (C=O) groups is 5. The molecule has 18 nitrogen and oxygen atoms in total. The largest absolute Gasteiger partial charge is 0.392 e. The Balaban J connectivity index is 0.855. The van der Waals surface area contributed by atoms with Crippen molar-refractivity contribution in [3.63, 3.8) is 0 Å². The molecule has 1 fully saturated rings. The van der Waals surface area contributed by atoms with Crippen LogP contribution in [0.1, 0.15) is 126 Å². The summed E-state index contributed by atoms with van der Waals surface area (Å²) in [6.07, 6.45) is 0.843. The van der Waals surface area contributed by atoms with Gasteiger partial charge < -0.3 is 45.5 Å². The zero-order valence-electron chi connectivity index (χ0n) is 52.6. The van der Waals surface area contributed by atoms with Crippen molar-refractivity contribution in [2.45, 2.75) is 121 Å². The predicted molar refractivity (Wildman–Crippen MR) is 342 cm³/mol. The first-order chi connectivity index (χ1) is 40.4. The lowest BCUT2D eigenvalue weighted by atomic mass is 9.84. The Morgan fingerprint density at radius 1 is 0.791 bits per heavy atom. The molecule has 5 amide bonds. The minimum Gasteiger partial charge on any atom is -0.392 e. The highest BCUT2D eigenvalue weighted by molar-refractivity contribution is 7.13. The summed E-state index contributed by atoms with van der Waals surface area (Å²) in [5.41, 5.74) is 8.31. The van der Waals surface area contributed by atoms with Crippen molar-refractivity contribution in [2.75, 3.05) is 69.7 Å². The zero-order valence-corrected chi connectivity index (χ0v) is 53.5. The summed E-state index contributed by atoms with van der Waals surface area (Å²) < 4.78 is 7.79. The minimum absolute atomic E-state index is 0.0325. The topological polar surface area (TPSA) is 220 Å². The monoisotopic (exact) mass is 1190 g/mol. The lowest BCUT2D eigenvalue weighted by Crippen LogP contribution is -2.57. The van der Waals surface area contributed by atoms with Gasteiger partial charge in [-0.1, -0.05) is 118 Å². The molecule has 5 N–H and O–H groups in total. The van der Waals surface area contributed by atoms with E-state index in [0.29, 0.717) is 67.6 Å². The first-order valence-electron chi connectivity index (χ1n) is 29.4. The lowest BCUT2D eigenvalue weighted by Gasteiger charge is -2.39. The van der Waals surface area contributed by atoms with Crippen LogP contribution in [0.3, 0.4) is 0 Å². The Morgan fingerprint density at radius 3 is 2.03 bits per heavy atom. The van der Waals surface area contributed by atoms with Crippen LogP contribution in [0.2, 0.25) is 0 Å². The van der Waals surface area contributed by atoms with E-state index in [2.05, 4.69) is 65.8 Å². The summed E-state index contributed by atoms with van der Waals surface area (Å²) in [5, 5.41) is 22.5. The van der Waals surface area contributed by atoms with E-state index in [1.807, 2.05) is 126 Å². The van der Waals surface area contributed by atoms with E-state index in [9.17, 15) is 33.9 Å². The Kier molecular flexibility index (Phi) is 21.4. The number of rotatable bonds is 23. The van der Waals surface area contributed by atoms with Gasteiger partial charge in [0, 0.05) is 99.0 Å². The number of aryl methyl sites for hydroxylation is 2. The van der Waals surface area contributed by atoms with Crippen LogP contribution < -0.4 is 26.8 Å². The zero-order chi connectivity index (χ0) is 62.9. The van der Waals surface area contributed by atoms with Crippen LogP contribution in [-0.2, 0) is 38.1 Å². The number of anilines is 3. The van der Waals surface area contributed by atoms with Crippen molar-refractivity contribution < 1.29 is 33.8 Å². The average Bonchev–Trinajstić information content (AvgIpc) is 1.28. The molecular weight excluding hydrogens is 1100 g/mol. The Morgan fingerprint density at radius 2 is 1.43 bits per heavy atom. The van der Waals surface area contributed by atoms with Gasteiger partial charge in [-0.3, -0.25) is 33.7 Å². The van der Waals surface area contributed by atoms with Crippen LogP contribution >= 0.6 is 11.3 Å². The molecule has 2 atom stereocenters. The van der Waals surface area contributed by atoms with Gasteiger partial charge in [-0.15, -0.1) is 11.3 Å². The van der Waals surface area contributed by atoms with Crippen molar-refractivity contribution in [1.29, 1.82) is 0 Å². The van der Waals surface area contributed by atoms with E-state index < -0.39 is 28.9 Å². The van der Waals surface area contributed by atoms with Crippen molar-refractivity contribution in [3.05, 3.63) is 147 Å². The van der Waals surface area contributed by atoms with Gasteiger partial charge in [-0.05, 0) is 102 Å². The second-order valence-electron chi connectivity index (χ2n) is 26.6. The van der Waals surface area contributed by atoms with Gasteiger partial charge in [0.05, 0.1) is 47.6 Å². The van der Waals surface area contributed by atoms with Crippen LogP contribution in [0, 0.1) is 30.1 Å². The number of amides is 5. The number of nitrogens with one attached hydrogen (secondary N) is 4. The summed E-state index contributed by atoms with van der Waals surface area (Å²) in [6, 6.07) is 27.1. The molecular formula is C67H88N10O8S. The van der Waals surface area contributed by atoms with Crippen molar-refractivity contribution in [3.8, 4) is 21.7 Å². The number of aliphatic hydroxyl groups is 1. The maximum atomic E-state index is 14.2. The number of benzene rings is 4. The molecule has 0 radical (unpaired) electrons. The summed E-state index contributed by atoms with van der Waals surface area (Å²) in [4.78, 5) is 97.4. The fourth-order valence-electron chi connectivity index (χ4n) is 10.4. The third kappa shape index (κ3) is 18.0. The highest BCUT2D eigenvalue weighted by Crippen LogP contribution is 2.32. The van der Waals surface area contributed by atoms with E-state index in [0.717, 1.165) is 44.9 Å². The van der Waals surface area contributed by atoms with Gasteiger partial charge in [-0.25, -0.2) is 9.97 Å². The molecule has 0 bridgehead atoms. The van der Waals surface area contributed by atoms with Gasteiger partial charge in [0.2, 0.25) is 17.7 Å². The summed E-state index contributed by atoms with van der Waals surface area (Å²) in [7, 11) is 1.66. The third-order valence-electron chi connectivity index (χ3n) is 15.3. The Hall–Kier alpha value is -7.58. The number of aliphatic hydroxyl groups excluding tert-OH is 1. The van der Waals surface area contributed by atoms with E-state index in [1.54, 1.807) is 55.8 Å². The van der Waals surface area contributed by atoms with Crippen LogP contribution in [0.4, 0.5) is 17.2 Å². The molecule has 2 unspecified atom stereocenters. The normalized spacial score (nSPS) is 14.1. The van der Waals surface area contributed by atoms with E-state index in [1.165, 1.54) is 9.47 Å². The number of nitrogens with zero attached hydrogens (tertiary/aromatic N) is 6. The number of ether oxygens (including phenoxy) is 1. The second-order valence-corrected chi connectivity index (χ2v) is 27.4.